The number of rotatable bonds is 4. The molecule has 6 nitrogen and oxygen atoms in total. The molecule has 0 bridgehead atoms. The Kier molecular flexibility index (Phi) is 5.34. The lowest BCUT2D eigenvalue weighted by Gasteiger charge is -2.46. The Morgan fingerprint density at radius 3 is 2.61 bits per heavy atom. The molecule has 0 spiro atoms. The quantitative estimate of drug-likeness (QED) is 0.805. The van der Waals surface area contributed by atoms with E-state index in [1.165, 1.54) is 24.1 Å². The number of aromatic nitrogens is 1. The van der Waals surface area contributed by atoms with Gasteiger partial charge in [0.05, 0.1) is 19.3 Å². The van der Waals surface area contributed by atoms with E-state index >= 15 is 0 Å². The summed E-state index contributed by atoms with van der Waals surface area (Å²) in [4.78, 5) is 22.0. The van der Waals surface area contributed by atoms with E-state index in [1.807, 2.05) is 25.1 Å². The van der Waals surface area contributed by atoms with Gasteiger partial charge in [0.1, 0.15) is 5.82 Å². The zero-order valence-corrected chi connectivity index (χ0v) is 18.7. The van der Waals surface area contributed by atoms with Gasteiger partial charge in [-0.05, 0) is 56.0 Å². The van der Waals surface area contributed by atoms with Crippen LogP contribution in [0, 0.1) is 18.8 Å². The van der Waals surface area contributed by atoms with Crippen molar-refractivity contribution in [3.63, 3.8) is 0 Å². The Labute approximate surface area is 184 Å². The molecule has 1 saturated carbocycles. The fourth-order valence-electron chi connectivity index (χ4n) is 5.35. The molecular formula is C25H32N4O2. The van der Waals surface area contributed by atoms with E-state index in [0.717, 1.165) is 43.5 Å². The summed E-state index contributed by atoms with van der Waals surface area (Å²) in [5.41, 5.74) is 4.43. The van der Waals surface area contributed by atoms with E-state index in [9.17, 15) is 4.79 Å². The monoisotopic (exact) mass is 420 g/mol. The lowest BCUT2D eigenvalue weighted by molar-refractivity contribution is -0.117. The van der Waals surface area contributed by atoms with Gasteiger partial charge < -0.3 is 19.9 Å². The van der Waals surface area contributed by atoms with Crippen LogP contribution in [-0.2, 0) is 9.53 Å². The number of ether oxygens (including phenoxy) is 1. The van der Waals surface area contributed by atoms with Crippen LogP contribution in [0.1, 0.15) is 44.0 Å². The van der Waals surface area contributed by atoms with E-state index in [2.05, 4.69) is 40.2 Å². The maximum Gasteiger partial charge on any atom is 0.224 e. The van der Waals surface area contributed by atoms with Crippen LogP contribution >= 0.6 is 0 Å². The van der Waals surface area contributed by atoms with Gasteiger partial charge in [-0.2, -0.15) is 0 Å². The fraction of sp³-hybridized carbons (Fsp3) is 0.520. The number of benzene rings is 1. The lowest BCUT2D eigenvalue weighted by Crippen LogP contribution is -2.51. The minimum Gasteiger partial charge on any atom is -0.378 e. The van der Waals surface area contributed by atoms with Crippen LogP contribution < -0.4 is 15.1 Å². The van der Waals surface area contributed by atoms with Crippen molar-refractivity contribution in [1.29, 1.82) is 0 Å². The number of hydrogen-bond acceptors (Lipinski definition) is 5. The first-order valence-electron chi connectivity index (χ1n) is 11.5. The molecule has 2 unspecified atom stereocenters. The summed E-state index contributed by atoms with van der Waals surface area (Å²) in [6.07, 6.45) is 2.41. The van der Waals surface area contributed by atoms with Crippen molar-refractivity contribution >= 4 is 23.1 Å². The van der Waals surface area contributed by atoms with E-state index in [4.69, 9.17) is 9.72 Å². The van der Waals surface area contributed by atoms with Crippen molar-refractivity contribution < 1.29 is 9.53 Å². The first-order valence-corrected chi connectivity index (χ1v) is 11.5. The highest BCUT2D eigenvalue weighted by Crippen LogP contribution is 2.50. The Morgan fingerprint density at radius 2 is 1.94 bits per heavy atom. The number of morpholine rings is 1. The molecule has 1 amide bonds. The predicted molar refractivity (Wildman–Crippen MR) is 124 cm³/mol. The summed E-state index contributed by atoms with van der Waals surface area (Å²) in [5, 5.41) is 3.74. The molecule has 6 heteroatoms. The van der Waals surface area contributed by atoms with Gasteiger partial charge in [-0.1, -0.05) is 13.0 Å². The second-order valence-electron chi connectivity index (χ2n) is 9.20. The average molecular weight is 421 g/mol. The zero-order valence-electron chi connectivity index (χ0n) is 18.7. The van der Waals surface area contributed by atoms with Crippen molar-refractivity contribution in [3.05, 3.63) is 47.7 Å². The van der Waals surface area contributed by atoms with Crippen molar-refractivity contribution in [1.82, 2.24) is 4.98 Å². The SMILES string of the molecule is CC(=O)N1c2ccc(N3CCOCC3)cc2C(Nc2cccc(C)n2)C(C)[C@@H]1C1CC1. The molecule has 1 saturated heterocycles. The Bertz CT molecular complexity index is 968. The maximum atomic E-state index is 12.8. The van der Waals surface area contributed by atoms with Gasteiger partial charge in [0.25, 0.3) is 0 Å². The van der Waals surface area contributed by atoms with E-state index in [1.54, 1.807) is 6.92 Å². The van der Waals surface area contributed by atoms with Crippen LogP contribution in [0.5, 0.6) is 0 Å². The molecule has 1 aromatic carbocycles. The highest BCUT2D eigenvalue weighted by atomic mass is 16.5. The number of hydrogen-bond donors (Lipinski definition) is 1. The Morgan fingerprint density at radius 1 is 1.16 bits per heavy atom. The molecule has 1 N–H and O–H groups in total. The summed E-state index contributed by atoms with van der Waals surface area (Å²) < 4.78 is 5.54. The number of aryl methyl sites for hydroxylation is 1. The van der Waals surface area contributed by atoms with Gasteiger partial charge in [-0.3, -0.25) is 4.79 Å². The second kappa shape index (κ2) is 8.15. The topological polar surface area (TPSA) is 57.7 Å². The first kappa shape index (κ1) is 20.3. The highest BCUT2D eigenvalue weighted by Gasteiger charge is 2.47. The number of nitrogens with zero attached hydrogens (tertiary/aromatic N) is 3. The molecule has 2 aromatic rings. The molecule has 1 aromatic heterocycles. The summed E-state index contributed by atoms with van der Waals surface area (Å²) in [7, 11) is 0. The Hall–Kier alpha value is -2.60. The fourth-order valence-corrected chi connectivity index (χ4v) is 5.35. The smallest absolute Gasteiger partial charge is 0.224 e. The molecule has 5 rings (SSSR count). The van der Waals surface area contributed by atoms with E-state index in [0.29, 0.717) is 5.92 Å². The average Bonchev–Trinajstić information content (AvgIpc) is 3.60. The van der Waals surface area contributed by atoms with Crippen molar-refractivity contribution in [2.45, 2.75) is 45.7 Å². The molecule has 2 fully saturated rings. The number of carbonyl (C=O) groups is 1. The maximum absolute atomic E-state index is 12.8. The molecule has 2 aliphatic heterocycles. The first-order chi connectivity index (χ1) is 15.0. The largest absolute Gasteiger partial charge is 0.378 e. The van der Waals surface area contributed by atoms with Gasteiger partial charge in [-0.15, -0.1) is 0 Å². The van der Waals surface area contributed by atoms with Crippen LogP contribution in [-0.4, -0.2) is 43.2 Å². The minimum atomic E-state index is 0.103. The van der Waals surface area contributed by atoms with Crippen LogP contribution in [0.4, 0.5) is 17.2 Å². The molecule has 0 radical (unpaired) electrons. The second-order valence-corrected chi connectivity index (χ2v) is 9.20. The molecule has 31 heavy (non-hydrogen) atoms. The Balaban J connectivity index is 1.58. The number of carbonyl (C=O) groups excluding carboxylic acids is 1. The van der Waals surface area contributed by atoms with Crippen molar-refractivity contribution in [3.8, 4) is 0 Å². The van der Waals surface area contributed by atoms with E-state index in [-0.39, 0.29) is 23.9 Å². The van der Waals surface area contributed by atoms with Crippen LogP contribution in [0.2, 0.25) is 0 Å². The number of anilines is 3. The van der Waals surface area contributed by atoms with Crippen LogP contribution in [0.3, 0.4) is 0 Å². The summed E-state index contributed by atoms with van der Waals surface area (Å²) >= 11 is 0. The summed E-state index contributed by atoms with van der Waals surface area (Å²) in [5.74, 6) is 1.90. The molecule has 1 aliphatic carbocycles. The van der Waals surface area contributed by atoms with Gasteiger partial charge in [-0.25, -0.2) is 4.98 Å². The van der Waals surface area contributed by atoms with Crippen LogP contribution in [0.15, 0.2) is 36.4 Å². The predicted octanol–water partition coefficient (Wildman–Crippen LogP) is 4.16. The third kappa shape index (κ3) is 3.89. The van der Waals surface area contributed by atoms with Crippen LogP contribution in [0.25, 0.3) is 0 Å². The molecule has 3 atom stereocenters. The normalized spacial score (nSPS) is 25.8. The zero-order chi connectivity index (χ0) is 21.5. The van der Waals surface area contributed by atoms with Crippen molar-refractivity contribution in [2.75, 3.05) is 41.4 Å². The molecule has 3 heterocycles. The molecule has 3 aliphatic rings. The number of nitrogens with one attached hydrogen (secondary N) is 1. The summed E-state index contributed by atoms with van der Waals surface area (Å²) in [6, 6.07) is 13.0. The third-order valence-electron chi connectivity index (χ3n) is 6.98. The molecular weight excluding hydrogens is 388 g/mol. The van der Waals surface area contributed by atoms with Crippen molar-refractivity contribution in [2.24, 2.45) is 11.8 Å². The van der Waals surface area contributed by atoms with Gasteiger partial charge >= 0.3 is 0 Å². The van der Waals surface area contributed by atoms with E-state index < -0.39 is 0 Å². The highest BCUT2D eigenvalue weighted by molar-refractivity contribution is 5.94. The molecule has 164 valence electrons. The summed E-state index contributed by atoms with van der Waals surface area (Å²) in [6.45, 7) is 9.32. The standard InChI is InChI=1S/C25H32N4O2/c1-16-5-4-6-23(26-16)27-24-17(2)25(19-7-8-19)29(18(3)30)22-10-9-20(15-21(22)24)28-11-13-31-14-12-28/h4-6,9-10,15,17,19,24-25H,7-8,11-14H2,1-3H3,(H,26,27)/t17?,24?,25-/m1/s1. The van der Waals surface area contributed by atoms with Gasteiger partial charge in [0, 0.05) is 54.6 Å². The number of fused-ring (bicyclic) bond motifs is 1. The lowest BCUT2D eigenvalue weighted by atomic mass is 9.79. The number of pyridine rings is 1. The van der Waals surface area contributed by atoms with Gasteiger partial charge in [0.2, 0.25) is 5.91 Å². The third-order valence-corrected chi connectivity index (χ3v) is 6.98. The van der Waals surface area contributed by atoms with Gasteiger partial charge in [0.15, 0.2) is 0 Å². The number of amides is 1. The minimum absolute atomic E-state index is 0.103.